The van der Waals surface area contributed by atoms with E-state index in [1.165, 1.54) is 30.0 Å². The lowest BCUT2D eigenvalue weighted by molar-refractivity contribution is -0.115. The van der Waals surface area contributed by atoms with Crippen LogP contribution in [-0.4, -0.2) is 25.8 Å². The average Bonchev–Trinajstić information content (AvgIpc) is 3.09. The molecule has 2 aromatic carbocycles. The Balaban J connectivity index is 1.69. The van der Waals surface area contributed by atoms with Crippen LogP contribution in [0.1, 0.15) is 24.1 Å². The lowest BCUT2D eigenvalue weighted by Gasteiger charge is -2.27. The molecule has 1 aromatic heterocycles. The zero-order valence-electron chi connectivity index (χ0n) is 15.5. The molecule has 1 amide bonds. The van der Waals surface area contributed by atoms with Gasteiger partial charge in [0.25, 0.3) is 0 Å². The van der Waals surface area contributed by atoms with Gasteiger partial charge in [0, 0.05) is 11.4 Å². The van der Waals surface area contributed by atoms with E-state index in [0.717, 1.165) is 5.56 Å². The molecular formula is C20H18FN5O2S. The topological polar surface area (TPSA) is 106 Å². The highest BCUT2D eigenvalue weighted by atomic mass is 32.2. The van der Waals surface area contributed by atoms with E-state index in [1.807, 2.05) is 0 Å². The third-order valence-corrected chi connectivity index (χ3v) is 5.51. The molecule has 0 aliphatic carbocycles. The molecule has 0 fully saturated rings. The van der Waals surface area contributed by atoms with Gasteiger partial charge in [0.1, 0.15) is 17.6 Å². The Bertz CT molecular complexity index is 1110. The molecule has 0 unspecified atom stereocenters. The van der Waals surface area contributed by atoms with Gasteiger partial charge in [-0.05, 0) is 36.2 Å². The standard InChI is InChI=1S/C20H18FN5O2S/c1-11-16(18(22)28)17(12-6-8-14(27)9-7-12)26-19(23-11)24-20(25-26)29-10-13-4-2-3-5-15(13)21/h2-9,17,27H,10H2,1H3,(H2,22,28)(H,23,24,25)/t17-/m0/s1. The first-order valence-electron chi connectivity index (χ1n) is 8.83. The molecule has 9 heteroatoms. The van der Waals surface area contributed by atoms with E-state index >= 15 is 0 Å². The number of benzene rings is 2. The molecule has 0 spiro atoms. The van der Waals surface area contributed by atoms with Gasteiger partial charge in [0.05, 0.1) is 5.57 Å². The minimum absolute atomic E-state index is 0.115. The minimum Gasteiger partial charge on any atom is -0.508 e. The Kier molecular flexibility index (Phi) is 4.98. The fraction of sp³-hybridized carbons (Fsp3) is 0.150. The number of rotatable bonds is 5. The Morgan fingerprint density at radius 3 is 2.69 bits per heavy atom. The van der Waals surface area contributed by atoms with E-state index in [2.05, 4.69) is 15.4 Å². The van der Waals surface area contributed by atoms with Crippen LogP contribution in [0.2, 0.25) is 0 Å². The number of carbonyl (C=O) groups excluding carboxylic acids is 1. The summed E-state index contributed by atoms with van der Waals surface area (Å²) in [5, 5.41) is 17.6. The molecule has 29 heavy (non-hydrogen) atoms. The van der Waals surface area contributed by atoms with Gasteiger partial charge in [-0.15, -0.1) is 5.10 Å². The molecular weight excluding hydrogens is 393 g/mol. The van der Waals surface area contributed by atoms with Crippen molar-refractivity contribution >= 4 is 23.6 Å². The maximum Gasteiger partial charge on any atom is 0.248 e. The zero-order valence-corrected chi connectivity index (χ0v) is 16.3. The number of thioether (sulfide) groups is 1. The number of halogens is 1. The van der Waals surface area contributed by atoms with Crippen molar-refractivity contribution in [2.24, 2.45) is 5.73 Å². The van der Waals surface area contributed by atoms with Crippen LogP contribution >= 0.6 is 11.8 Å². The molecule has 0 saturated carbocycles. The van der Waals surface area contributed by atoms with Gasteiger partial charge in [-0.25, -0.2) is 9.07 Å². The molecule has 0 radical (unpaired) electrons. The molecule has 1 aliphatic heterocycles. The second-order valence-corrected chi connectivity index (χ2v) is 7.51. The Hall–Kier alpha value is -3.33. The number of nitrogens with one attached hydrogen (secondary N) is 1. The highest BCUT2D eigenvalue weighted by molar-refractivity contribution is 7.98. The maximum atomic E-state index is 13.9. The van der Waals surface area contributed by atoms with Gasteiger partial charge in [0.2, 0.25) is 17.0 Å². The third kappa shape index (κ3) is 3.68. The highest BCUT2D eigenvalue weighted by Gasteiger charge is 2.33. The molecule has 3 aromatic rings. The second-order valence-electron chi connectivity index (χ2n) is 6.56. The number of allylic oxidation sites excluding steroid dienone is 1. The van der Waals surface area contributed by atoms with Crippen LogP contribution in [0, 0.1) is 5.82 Å². The van der Waals surface area contributed by atoms with Crippen molar-refractivity contribution < 1.29 is 14.3 Å². The quantitative estimate of drug-likeness (QED) is 0.557. The average molecular weight is 411 g/mol. The van der Waals surface area contributed by atoms with Gasteiger partial charge < -0.3 is 16.2 Å². The number of aromatic hydroxyl groups is 1. The van der Waals surface area contributed by atoms with Crippen molar-refractivity contribution in [3.63, 3.8) is 0 Å². The summed E-state index contributed by atoms with van der Waals surface area (Å²) >= 11 is 1.29. The second kappa shape index (κ2) is 7.59. The fourth-order valence-electron chi connectivity index (χ4n) is 3.23. The molecule has 0 bridgehead atoms. The number of hydrogen-bond donors (Lipinski definition) is 3. The van der Waals surface area contributed by atoms with Gasteiger partial charge in [-0.3, -0.25) is 4.79 Å². The summed E-state index contributed by atoms with van der Waals surface area (Å²) in [5.74, 6) is 0.0904. The van der Waals surface area contributed by atoms with Crippen LogP contribution in [0.3, 0.4) is 0 Å². The van der Waals surface area contributed by atoms with Crippen LogP contribution in [0.15, 0.2) is 65.0 Å². The number of phenols is 1. The first-order chi connectivity index (χ1) is 13.9. The van der Waals surface area contributed by atoms with E-state index in [9.17, 15) is 14.3 Å². The van der Waals surface area contributed by atoms with Crippen molar-refractivity contribution in [1.29, 1.82) is 0 Å². The normalized spacial score (nSPS) is 15.7. The molecule has 4 N–H and O–H groups in total. The van der Waals surface area contributed by atoms with Crippen molar-refractivity contribution in [1.82, 2.24) is 14.8 Å². The number of anilines is 1. The van der Waals surface area contributed by atoms with Gasteiger partial charge in [-0.1, -0.05) is 42.1 Å². The first kappa shape index (κ1) is 19.0. The van der Waals surface area contributed by atoms with E-state index in [1.54, 1.807) is 41.9 Å². The van der Waals surface area contributed by atoms with E-state index in [-0.39, 0.29) is 11.6 Å². The van der Waals surface area contributed by atoms with E-state index in [0.29, 0.717) is 33.7 Å². The Labute approximate surface area is 170 Å². The number of nitrogens with two attached hydrogens (primary N) is 1. The summed E-state index contributed by atoms with van der Waals surface area (Å²) in [6.45, 7) is 1.75. The lowest BCUT2D eigenvalue weighted by atomic mass is 9.95. The molecule has 1 aliphatic rings. The van der Waals surface area contributed by atoms with Crippen molar-refractivity contribution in [3.8, 4) is 5.75 Å². The molecule has 1 atom stereocenters. The summed E-state index contributed by atoms with van der Waals surface area (Å²) in [6, 6.07) is 12.5. The largest absolute Gasteiger partial charge is 0.508 e. The van der Waals surface area contributed by atoms with E-state index < -0.39 is 11.9 Å². The first-order valence-corrected chi connectivity index (χ1v) is 9.82. The molecule has 4 rings (SSSR count). The SMILES string of the molecule is CC1=C(C(N)=O)[C@H](c2ccc(O)cc2)n2nc(SCc3ccccc3F)nc2N1. The Morgan fingerprint density at radius 2 is 2.00 bits per heavy atom. The number of carbonyl (C=O) groups is 1. The van der Waals surface area contributed by atoms with Crippen molar-refractivity contribution in [2.45, 2.75) is 23.9 Å². The summed E-state index contributed by atoms with van der Waals surface area (Å²) in [7, 11) is 0. The molecule has 7 nitrogen and oxygen atoms in total. The number of aromatic nitrogens is 3. The number of amides is 1. The van der Waals surface area contributed by atoms with Crippen molar-refractivity contribution in [2.75, 3.05) is 5.32 Å². The summed E-state index contributed by atoms with van der Waals surface area (Å²) in [6.07, 6.45) is 0. The van der Waals surface area contributed by atoms with E-state index in [4.69, 9.17) is 5.73 Å². The number of hydrogen-bond acceptors (Lipinski definition) is 6. The molecule has 2 heterocycles. The number of fused-ring (bicyclic) bond motifs is 1. The summed E-state index contributed by atoms with van der Waals surface area (Å²) in [4.78, 5) is 16.6. The predicted octanol–water partition coefficient (Wildman–Crippen LogP) is 3.19. The summed E-state index contributed by atoms with van der Waals surface area (Å²) in [5.41, 5.74) is 7.87. The smallest absolute Gasteiger partial charge is 0.248 e. The maximum absolute atomic E-state index is 13.9. The van der Waals surface area contributed by atoms with Crippen LogP contribution in [0.25, 0.3) is 0 Å². The minimum atomic E-state index is -0.584. The number of primary amides is 1. The zero-order chi connectivity index (χ0) is 20.5. The molecule has 148 valence electrons. The van der Waals surface area contributed by atoms with Crippen molar-refractivity contribution in [3.05, 3.63) is 76.7 Å². The van der Waals surface area contributed by atoms with Gasteiger partial charge in [-0.2, -0.15) is 4.98 Å². The highest BCUT2D eigenvalue weighted by Crippen LogP contribution is 2.36. The van der Waals surface area contributed by atoms with Gasteiger partial charge in [0.15, 0.2) is 0 Å². The van der Waals surface area contributed by atoms with Crippen LogP contribution < -0.4 is 11.1 Å². The fourth-order valence-corrected chi connectivity index (χ4v) is 4.05. The van der Waals surface area contributed by atoms with Crippen LogP contribution in [0.4, 0.5) is 10.3 Å². The lowest BCUT2D eigenvalue weighted by Crippen LogP contribution is -2.31. The molecule has 0 saturated heterocycles. The third-order valence-electron chi connectivity index (χ3n) is 4.62. The predicted molar refractivity (Wildman–Crippen MR) is 108 cm³/mol. The number of phenolic OH excluding ortho intramolecular Hbond substituents is 1. The Morgan fingerprint density at radius 1 is 1.28 bits per heavy atom. The number of nitrogens with zero attached hydrogens (tertiary/aromatic N) is 3. The monoisotopic (exact) mass is 411 g/mol. The van der Waals surface area contributed by atoms with Crippen LogP contribution in [-0.2, 0) is 10.5 Å². The van der Waals surface area contributed by atoms with Gasteiger partial charge >= 0.3 is 0 Å². The van der Waals surface area contributed by atoms with Crippen LogP contribution in [0.5, 0.6) is 5.75 Å². The summed E-state index contributed by atoms with van der Waals surface area (Å²) < 4.78 is 15.5.